The summed E-state index contributed by atoms with van der Waals surface area (Å²) in [4.78, 5) is 5.63. The first-order chi connectivity index (χ1) is 29.8. The summed E-state index contributed by atoms with van der Waals surface area (Å²) in [5, 5.41) is 10.8. The number of hydrogen-bond donors (Lipinski definition) is 0. The van der Waals surface area contributed by atoms with Crippen molar-refractivity contribution in [2.45, 2.75) is 51.5 Å². The van der Waals surface area contributed by atoms with Gasteiger partial charge in [-0.2, -0.15) is 4.57 Å². The Labute approximate surface area is 389 Å². The number of rotatable bonds is 16. The van der Waals surface area contributed by atoms with Gasteiger partial charge in [0.1, 0.15) is 21.7 Å². The summed E-state index contributed by atoms with van der Waals surface area (Å²) in [6.45, 7) is 11.9. The molecule has 0 amide bonds. The molecule has 0 spiro atoms. The number of benzene rings is 2. The highest BCUT2D eigenvalue weighted by Crippen LogP contribution is 2.51. The van der Waals surface area contributed by atoms with Crippen molar-refractivity contribution in [3.8, 4) is 5.75 Å². The molecule has 6 heterocycles. The van der Waals surface area contributed by atoms with Crippen LogP contribution in [0.1, 0.15) is 45.0 Å². The molecule has 0 bridgehead atoms. The van der Waals surface area contributed by atoms with Crippen molar-refractivity contribution in [2.24, 2.45) is 0 Å². The molecule has 3 aliphatic rings. The van der Waals surface area contributed by atoms with E-state index in [2.05, 4.69) is 88.3 Å². The lowest BCUT2D eigenvalue weighted by atomic mass is 10.1. The van der Waals surface area contributed by atoms with Crippen LogP contribution in [-0.2, 0) is 26.8 Å². The van der Waals surface area contributed by atoms with Crippen molar-refractivity contribution in [3.05, 3.63) is 86.0 Å². The predicted octanol–water partition coefficient (Wildman–Crippen LogP) is 9.37. The van der Waals surface area contributed by atoms with Crippen LogP contribution in [0, 0.1) is 0 Å². The van der Waals surface area contributed by atoms with Crippen LogP contribution in [0.3, 0.4) is 0 Å². The lowest BCUT2D eigenvalue weighted by Gasteiger charge is -2.22. The second-order valence-electron chi connectivity index (χ2n) is 14.5. The van der Waals surface area contributed by atoms with Crippen molar-refractivity contribution in [1.29, 1.82) is 0 Å². The summed E-state index contributed by atoms with van der Waals surface area (Å²) in [6.07, 6.45) is 12.0. The minimum atomic E-state index is -4.36. The van der Waals surface area contributed by atoms with Crippen molar-refractivity contribution in [2.75, 3.05) is 67.7 Å². The van der Waals surface area contributed by atoms with Gasteiger partial charge in [0.25, 0.3) is 5.01 Å². The zero-order valence-corrected chi connectivity index (χ0v) is 41.6. The number of thiophene rings is 2. The highest BCUT2D eigenvalue weighted by Gasteiger charge is 2.29. The molecular formula is C43H50N4O7S8. The van der Waals surface area contributed by atoms with Gasteiger partial charge in [-0.1, -0.05) is 53.9 Å². The van der Waals surface area contributed by atoms with Gasteiger partial charge in [0.2, 0.25) is 10.6 Å². The maximum atomic E-state index is 11.4. The van der Waals surface area contributed by atoms with Gasteiger partial charge >= 0.3 is 0 Å². The molecule has 0 unspecified atom stereocenters. The van der Waals surface area contributed by atoms with Crippen LogP contribution < -0.4 is 14.2 Å². The lowest BCUT2D eigenvalue weighted by Crippen LogP contribution is -2.36. The fraction of sp³-hybridized carbons (Fsp3) is 0.395. The second kappa shape index (κ2) is 21.0. The van der Waals surface area contributed by atoms with Gasteiger partial charge in [-0.15, -0.1) is 34.4 Å². The smallest absolute Gasteiger partial charge is 0.263 e. The molecule has 8 rings (SSSR count). The fourth-order valence-electron chi connectivity index (χ4n) is 7.55. The Bertz CT molecular complexity index is 2820. The van der Waals surface area contributed by atoms with E-state index in [1.54, 1.807) is 52.9 Å². The van der Waals surface area contributed by atoms with E-state index in [-0.39, 0.29) is 12.8 Å². The maximum absolute atomic E-state index is 11.4. The Morgan fingerprint density at radius 1 is 0.935 bits per heavy atom. The predicted molar refractivity (Wildman–Crippen MR) is 264 cm³/mol. The molecule has 5 aromatic rings. The molecular weight excluding hydrogens is 941 g/mol. The molecule has 0 N–H and O–H groups in total. The Morgan fingerprint density at radius 3 is 2.45 bits per heavy atom. The summed E-state index contributed by atoms with van der Waals surface area (Å²) in [5.74, 6) is 2.35. The summed E-state index contributed by atoms with van der Waals surface area (Å²) < 4.78 is 81.9. The first-order valence-electron chi connectivity index (χ1n) is 20.5. The number of aromatic nitrogens is 1. The molecule has 1 fully saturated rings. The van der Waals surface area contributed by atoms with E-state index >= 15 is 0 Å². The number of ether oxygens (including phenoxy) is 1. The molecule has 332 valence electrons. The highest BCUT2D eigenvalue weighted by atomic mass is 32.2. The number of aryl methyl sites for hydroxylation is 1. The van der Waals surface area contributed by atoms with Crippen molar-refractivity contribution in [3.63, 3.8) is 0 Å². The van der Waals surface area contributed by atoms with E-state index in [0.717, 1.165) is 75.4 Å². The van der Waals surface area contributed by atoms with E-state index in [0.29, 0.717) is 19.5 Å². The van der Waals surface area contributed by atoms with Crippen LogP contribution in [0.15, 0.2) is 85.9 Å². The average molecular weight is 991 g/mol. The molecule has 3 aliphatic heterocycles. The molecule has 0 radical (unpaired) electrons. The first kappa shape index (κ1) is 47.1. The summed E-state index contributed by atoms with van der Waals surface area (Å²) in [5.41, 5.74) is 3.02. The molecule has 1 saturated heterocycles. The van der Waals surface area contributed by atoms with Crippen LogP contribution >= 0.6 is 69.3 Å². The number of fused-ring (bicyclic) bond motifs is 6. The van der Waals surface area contributed by atoms with Gasteiger partial charge in [0, 0.05) is 71.8 Å². The molecule has 11 nitrogen and oxygen atoms in total. The van der Waals surface area contributed by atoms with Crippen molar-refractivity contribution < 1.29 is 39.8 Å². The van der Waals surface area contributed by atoms with E-state index < -0.39 is 31.7 Å². The van der Waals surface area contributed by atoms with Crippen molar-refractivity contribution >= 4 is 137 Å². The number of methoxy groups -OCH3 is 1. The van der Waals surface area contributed by atoms with E-state index in [1.165, 1.54) is 34.7 Å². The largest absolute Gasteiger partial charge is 0.748 e. The zero-order valence-electron chi connectivity index (χ0n) is 35.0. The lowest BCUT2D eigenvalue weighted by molar-refractivity contribution is -0.667. The zero-order chi connectivity index (χ0) is 44.0. The van der Waals surface area contributed by atoms with E-state index in [9.17, 15) is 25.9 Å². The maximum Gasteiger partial charge on any atom is 0.263 e. The standard InChI is InChI=1S/C30H30N2O7S6.C13H21N2S2/c1-3-19(16-25-31(10-4-14-44(33,34)35)27-23(42-25)7-6-20-8-12-40-29(20)27)17-26-32(11-5-15-45(36,37)38)28-24(43-26)18-22(39-2)21-9-13-41-30(21)28;1-3-14-8-10-16-12(14)6-5-7-13-15(4-2)9-11-17-13/h6-9,12-13,16-18H,3-5,10-11,14-15H2,1-2H3,(H-,33,34,35,36,37,38);5-7H,3-4,8-11H2,1-2H3/q;+1/p-1. The molecule has 3 aromatic heterocycles. The molecule has 0 saturated carbocycles. The van der Waals surface area contributed by atoms with E-state index in [4.69, 9.17) is 4.74 Å². The number of thioether (sulfide) groups is 3. The van der Waals surface area contributed by atoms with Gasteiger partial charge in [0.15, 0.2) is 13.1 Å². The Morgan fingerprint density at radius 2 is 1.71 bits per heavy atom. The van der Waals surface area contributed by atoms with E-state index in [1.807, 2.05) is 46.4 Å². The van der Waals surface area contributed by atoms with Crippen LogP contribution in [0.2, 0.25) is 0 Å². The van der Waals surface area contributed by atoms with Gasteiger partial charge in [-0.3, -0.25) is 0 Å². The fourth-order valence-corrected chi connectivity index (χ4v) is 15.1. The number of hydrogen-bond acceptors (Lipinski definition) is 15. The molecule has 2 aromatic carbocycles. The SMILES string of the molecule is CCC(/C=C1\Sc2ccc3ccsc3c2N1CCCS(=O)(=O)[O-])=C\c1sc2cc(OC)c3ccsc3c2[n+]1CCCS(=O)(=O)[O-].CCN1CCS/C1=C/C=C/C1=[N+](CC)CCS1. The van der Waals surface area contributed by atoms with Gasteiger partial charge < -0.3 is 23.6 Å². The van der Waals surface area contributed by atoms with Crippen LogP contribution in [0.5, 0.6) is 5.75 Å². The number of allylic oxidation sites excluding steroid dienone is 4. The molecule has 19 heteroatoms. The Hall–Kier alpha value is -2.85. The number of nitrogens with zero attached hydrogens (tertiary/aromatic N) is 4. The highest BCUT2D eigenvalue weighted by molar-refractivity contribution is 8.14. The molecule has 62 heavy (non-hydrogen) atoms. The Kier molecular flexibility index (Phi) is 15.9. The third kappa shape index (κ3) is 11.3. The van der Waals surface area contributed by atoms with Gasteiger partial charge in [-0.05, 0) is 78.8 Å². The quantitative estimate of drug-likeness (QED) is 0.0688. The number of anilines is 1. The van der Waals surface area contributed by atoms with Crippen LogP contribution in [-0.4, -0.2) is 103 Å². The number of thiazole rings is 1. The summed E-state index contributed by atoms with van der Waals surface area (Å²) in [6, 6.07) is 10.2. The third-order valence-electron chi connectivity index (χ3n) is 10.6. The van der Waals surface area contributed by atoms with Crippen molar-refractivity contribution in [1.82, 2.24) is 4.90 Å². The third-order valence-corrected chi connectivity index (χ3v) is 18.3. The minimum absolute atomic E-state index is 0.184. The molecule has 0 atom stereocenters. The second-order valence-corrected chi connectivity index (χ2v) is 23.8. The topological polar surface area (TPSA) is 137 Å². The Balaban J connectivity index is 0.000000284. The first-order valence-corrected chi connectivity index (χ1v) is 29.0. The summed E-state index contributed by atoms with van der Waals surface area (Å²) >= 11 is 10.3. The minimum Gasteiger partial charge on any atom is -0.748 e. The normalized spacial score (nSPS) is 17.5. The summed E-state index contributed by atoms with van der Waals surface area (Å²) in [7, 11) is -7.06. The average Bonchev–Trinajstić information content (AvgIpc) is 4.09. The van der Waals surface area contributed by atoms with Crippen LogP contribution in [0.25, 0.3) is 36.5 Å². The van der Waals surface area contributed by atoms with Crippen LogP contribution in [0.4, 0.5) is 5.69 Å². The molecule has 0 aliphatic carbocycles. The van der Waals surface area contributed by atoms with Gasteiger partial charge in [-0.25, -0.2) is 21.4 Å². The van der Waals surface area contributed by atoms with Gasteiger partial charge in [0.05, 0.1) is 53.5 Å². The monoisotopic (exact) mass is 990 g/mol.